The Morgan fingerprint density at radius 1 is 1.28 bits per heavy atom. The fourth-order valence-electron chi connectivity index (χ4n) is 3.73. The second-order valence-electron chi connectivity index (χ2n) is 5.54. The van der Waals surface area contributed by atoms with E-state index in [0.29, 0.717) is 6.54 Å². The van der Waals surface area contributed by atoms with Gasteiger partial charge in [0.1, 0.15) is 0 Å². The fourth-order valence-corrected chi connectivity index (χ4v) is 3.73. The Morgan fingerprint density at radius 3 is 2.56 bits per heavy atom. The van der Waals surface area contributed by atoms with Crippen LogP contribution in [0.2, 0.25) is 0 Å². The molecule has 1 aromatic rings. The first-order valence-corrected chi connectivity index (χ1v) is 7.14. The van der Waals surface area contributed by atoms with Crippen LogP contribution in [-0.4, -0.2) is 17.3 Å². The van der Waals surface area contributed by atoms with Crippen LogP contribution in [-0.2, 0) is 11.8 Å². The second-order valence-corrected chi connectivity index (χ2v) is 5.54. The van der Waals surface area contributed by atoms with E-state index in [-0.39, 0.29) is 5.41 Å². The Balaban J connectivity index is 2.58. The maximum atomic E-state index is 11.1. The predicted molar refractivity (Wildman–Crippen MR) is 75.6 cm³/mol. The maximum absolute atomic E-state index is 11.1. The molecular weight excluding hydrogens is 222 g/mol. The monoisotopic (exact) mass is 247 g/mol. The van der Waals surface area contributed by atoms with Gasteiger partial charge in [-0.2, -0.15) is 0 Å². The first kappa shape index (κ1) is 13.6. The molecule has 0 bridgehead atoms. The van der Waals surface area contributed by atoms with Crippen LogP contribution in [0.1, 0.15) is 50.7 Å². The second kappa shape index (κ2) is 5.02. The summed E-state index contributed by atoms with van der Waals surface area (Å²) in [5, 5.41) is 11.1. The van der Waals surface area contributed by atoms with E-state index >= 15 is 0 Å². The van der Waals surface area contributed by atoms with Crippen LogP contribution in [0.25, 0.3) is 0 Å². The van der Waals surface area contributed by atoms with Gasteiger partial charge in [-0.15, -0.1) is 0 Å². The Kier molecular flexibility index (Phi) is 3.79. The molecule has 0 saturated carbocycles. The van der Waals surface area contributed by atoms with Crippen molar-refractivity contribution in [3.63, 3.8) is 0 Å². The summed E-state index contributed by atoms with van der Waals surface area (Å²) >= 11 is 0. The van der Waals surface area contributed by atoms with Crippen LogP contribution in [0.3, 0.4) is 0 Å². The fraction of sp³-hybridized carbons (Fsp3) is 0.625. The number of aryl methyl sites for hydroxylation is 1. The van der Waals surface area contributed by atoms with Gasteiger partial charge in [0.2, 0.25) is 0 Å². The minimum absolute atomic E-state index is 0.259. The van der Waals surface area contributed by atoms with Crippen molar-refractivity contribution in [3.05, 3.63) is 35.4 Å². The van der Waals surface area contributed by atoms with Crippen LogP contribution < -0.4 is 5.73 Å². The van der Waals surface area contributed by atoms with E-state index in [1.165, 1.54) is 11.1 Å². The van der Waals surface area contributed by atoms with E-state index < -0.39 is 5.60 Å². The number of rotatable bonds is 4. The zero-order valence-electron chi connectivity index (χ0n) is 11.6. The van der Waals surface area contributed by atoms with Crippen LogP contribution in [0.5, 0.6) is 0 Å². The smallest absolute Gasteiger partial charge is 0.0750 e. The standard InChI is InChI=1S/C16H25NO/c1-3-16(18,4-2)15(12-17)11-7-9-13-8-5-6-10-14(13)15/h5-6,8,10,18H,3-4,7,9,11-12,17H2,1-2H3. The molecule has 0 fully saturated rings. The number of benzene rings is 1. The third-order valence-corrected chi connectivity index (χ3v) is 4.99. The average molecular weight is 247 g/mol. The Labute approximate surface area is 110 Å². The van der Waals surface area contributed by atoms with Gasteiger partial charge in [-0.3, -0.25) is 0 Å². The number of aliphatic hydroxyl groups is 1. The molecule has 2 heteroatoms. The van der Waals surface area contributed by atoms with E-state index in [2.05, 4.69) is 38.1 Å². The highest BCUT2D eigenvalue weighted by atomic mass is 16.3. The molecule has 1 aromatic carbocycles. The Morgan fingerprint density at radius 2 is 1.94 bits per heavy atom. The van der Waals surface area contributed by atoms with Gasteiger partial charge < -0.3 is 10.8 Å². The summed E-state index contributed by atoms with van der Waals surface area (Å²) in [6, 6.07) is 8.50. The highest BCUT2D eigenvalue weighted by Gasteiger charge is 2.49. The predicted octanol–water partition coefficient (Wildman–Crippen LogP) is 2.77. The summed E-state index contributed by atoms with van der Waals surface area (Å²) < 4.78 is 0. The molecule has 0 spiro atoms. The molecular formula is C16H25NO. The van der Waals surface area contributed by atoms with Crippen molar-refractivity contribution in [1.29, 1.82) is 0 Å². The SMILES string of the molecule is CCC(O)(CC)C1(CN)CCCc2ccccc21. The lowest BCUT2D eigenvalue weighted by molar-refractivity contribution is -0.0516. The number of nitrogens with two attached hydrogens (primary N) is 1. The summed E-state index contributed by atoms with van der Waals surface area (Å²) in [7, 11) is 0. The molecule has 1 aliphatic rings. The molecule has 1 unspecified atom stereocenters. The summed E-state index contributed by atoms with van der Waals surface area (Å²) in [5.41, 5.74) is 7.84. The maximum Gasteiger partial charge on any atom is 0.0750 e. The highest BCUT2D eigenvalue weighted by molar-refractivity contribution is 5.40. The van der Waals surface area contributed by atoms with Crippen LogP contribution in [0, 0.1) is 0 Å². The van der Waals surface area contributed by atoms with Crippen molar-refractivity contribution in [2.24, 2.45) is 5.73 Å². The van der Waals surface area contributed by atoms with E-state index in [4.69, 9.17) is 5.73 Å². The van der Waals surface area contributed by atoms with Gasteiger partial charge in [-0.25, -0.2) is 0 Å². The van der Waals surface area contributed by atoms with Gasteiger partial charge in [0.15, 0.2) is 0 Å². The van der Waals surface area contributed by atoms with Crippen molar-refractivity contribution >= 4 is 0 Å². The summed E-state index contributed by atoms with van der Waals surface area (Å²) in [5.74, 6) is 0. The van der Waals surface area contributed by atoms with Gasteiger partial charge in [0.05, 0.1) is 5.60 Å². The van der Waals surface area contributed by atoms with Gasteiger partial charge in [0, 0.05) is 12.0 Å². The Hall–Kier alpha value is -0.860. The molecule has 1 atom stereocenters. The van der Waals surface area contributed by atoms with E-state index in [9.17, 15) is 5.11 Å². The van der Waals surface area contributed by atoms with Crippen molar-refractivity contribution in [3.8, 4) is 0 Å². The molecule has 0 heterocycles. The molecule has 2 rings (SSSR count). The van der Waals surface area contributed by atoms with Crippen molar-refractivity contribution in [2.45, 2.75) is 57.0 Å². The average Bonchev–Trinajstić information content (AvgIpc) is 2.45. The van der Waals surface area contributed by atoms with Gasteiger partial charge >= 0.3 is 0 Å². The zero-order valence-corrected chi connectivity index (χ0v) is 11.6. The molecule has 1 aliphatic carbocycles. The molecule has 0 amide bonds. The van der Waals surface area contributed by atoms with Gasteiger partial charge in [-0.05, 0) is 43.2 Å². The lowest BCUT2D eigenvalue weighted by atomic mass is 9.59. The largest absolute Gasteiger partial charge is 0.389 e. The molecule has 0 saturated heterocycles. The van der Waals surface area contributed by atoms with E-state index in [1.54, 1.807) is 0 Å². The minimum Gasteiger partial charge on any atom is -0.389 e. The summed E-state index contributed by atoms with van der Waals surface area (Å²) in [6.45, 7) is 4.67. The van der Waals surface area contributed by atoms with Crippen molar-refractivity contribution in [1.82, 2.24) is 0 Å². The minimum atomic E-state index is -0.682. The number of hydrogen-bond acceptors (Lipinski definition) is 2. The van der Waals surface area contributed by atoms with E-state index in [0.717, 1.165) is 32.1 Å². The molecule has 2 nitrogen and oxygen atoms in total. The van der Waals surface area contributed by atoms with Gasteiger partial charge in [0.25, 0.3) is 0 Å². The van der Waals surface area contributed by atoms with Crippen molar-refractivity contribution < 1.29 is 5.11 Å². The molecule has 18 heavy (non-hydrogen) atoms. The van der Waals surface area contributed by atoms with Gasteiger partial charge in [-0.1, -0.05) is 38.1 Å². The molecule has 100 valence electrons. The first-order valence-electron chi connectivity index (χ1n) is 7.14. The quantitative estimate of drug-likeness (QED) is 0.859. The first-order chi connectivity index (χ1) is 8.63. The van der Waals surface area contributed by atoms with Crippen LogP contribution in [0.15, 0.2) is 24.3 Å². The number of hydrogen-bond donors (Lipinski definition) is 2. The molecule has 0 aromatic heterocycles. The topological polar surface area (TPSA) is 46.2 Å². The Bertz CT molecular complexity index is 411. The third kappa shape index (κ3) is 1.79. The normalized spacial score (nSPS) is 23.8. The summed E-state index contributed by atoms with van der Waals surface area (Å²) in [4.78, 5) is 0. The molecule has 0 aliphatic heterocycles. The van der Waals surface area contributed by atoms with E-state index in [1.807, 2.05) is 0 Å². The summed E-state index contributed by atoms with van der Waals surface area (Å²) in [6.07, 6.45) is 4.75. The lowest BCUT2D eigenvalue weighted by Crippen LogP contribution is -2.57. The highest BCUT2D eigenvalue weighted by Crippen LogP contribution is 2.47. The van der Waals surface area contributed by atoms with Crippen molar-refractivity contribution in [2.75, 3.05) is 6.54 Å². The van der Waals surface area contributed by atoms with Crippen LogP contribution >= 0.6 is 0 Å². The lowest BCUT2D eigenvalue weighted by Gasteiger charge is -2.50. The number of fused-ring (bicyclic) bond motifs is 1. The zero-order chi connectivity index (χ0) is 13.2. The third-order valence-electron chi connectivity index (χ3n) is 4.99. The molecule has 3 N–H and O–H groups in total. The van der Waals surface area contributed by atoms with Crippen LogP contribution in [0.4, 0.5) is 0 Å². The molecule has 0 radical (unpaired) electrons.